The Morgan fingerprint density at radius 2 is 1.64 bits per heavy atom. The molecule has 0 amide bonds. The quantitative estimate of drug-likeness (QED) is 0.292. The Morgan fingerprint density at radius 3 is 2.33 bits per heavy atom. The van der Waals surface area contributed by atoms with Gasteiger partial charge in [0.15, 0.2) is 0 Å². The van der Waals surface area contributed by atoms with Crippen molar-refractivity contribution in [1.29, 1.82) is 0 Å². The monoisotopic (exact) mass is 462 g/mol. The van der Waals surface area contributed by atoms with Gasteiger partial charge in [-0.3, -0.25) is 9.36 Å². The van der Waals surface area contributed by atoms with E-state index in [-0.39, 0.29) is 5.56 Å². The van der Waals surface area contributed by atoms with E-state index >= 15 is 0 Å². The number of nitrogens with zero attached hydrogens (tertiary/aromatic N) is 2. The summed E-state index contributed by atoms with van der Waals surface area (Å²) < 4.78 is 13.0. The van der Waals surface area contributed by atoms with Crippen molar-refractivity contribution >= 4 is 22.5 Å². The van der Waals surface area contributed by atoms with Crippen LogP contribution >= 0.6 is 11.6 Å². The van der Waals surface area contributed by atoms with Gasteiger partial charge in [-0.25, -0.2) is 4.98 Å². The standard InChI is InChI=1S/C27H27ClN2O3/c1-18-16-22(17-19(2)25(18)28)33-15-7-6-14-30-26(20-10-12-21(32-3)13-11-20)29-24-9-5-4-8-23(24)27(30)31/h4-5,8-13,16-17H,6-7,14-15H2,1-3H3. The van der Waals surface area contributed by atoms with E-state index in [0.717, 1.165) is 46.1 Å². The van der Waals surface area contributed by atoms with Crippen LogP contribution in [0.1, 0.15) is 24.0 Å². The highest BCUT2D eigenvalue weighted by Gasteiger charge is 2.13. The molecule has 4 rings (SSSR count). The lowest BCUT2D eigenvalue weighted by Gasteiger charge is -2.14. The van der Waals surface area contributed by atoms with Crippen molar-refractivity contribution in [3.05, 3.63) is 87.2 Å². The van der Waals surface area contributed by atoms with E-state index in [0.29, 0.717) is 29.9 Å². The number of fused-ring (bicyclic) bond motifs is 1. The van der Waals surface area contributed by atoms with Gasteiger partial charge < -0.3 is 9.47 Å². The third-order valence-corrected chi connectivity index (χ3v) is 6.26. The highest BCUT2D eigenvalue weighted by molar-refractivity contribution is 6.32. The minimum absolute atomic E-state index is 0.0312. The lowest BCUT2D eigenvalue weighted by molar-refractivity contribution is 0.302. The van der Waals surface area contributed by atoms with Gasteiger partial charge in [0, 0.05) is 17.1 Å². The topological polar surface area (TPSA) is 53.3 Å². The molecule has 0 aliphatic heterocycles. The summed E-state index contributed by atoms with van der Waals surface area (Å²) in [6.07, 6.45) is 1.59. The van der Waals surface area contributed by atoms with Gasteiger partial charge in [0.05, 0.1) is 24.6 Å². The van der Waals surface area contributed by atoms with Crippen molar-refractivity contribution in [3.8, 4) is 22.9 Å². The normalized spacial score (nSPS) is 11.0. The number of hydrogen-bond acceptors (Lipinski definition) is 4. The van der Waals surface area contributed by atoms with Crippen molar-refractivity contribution in [2.45, 2.75) is 33.2 Å². The summed E-state index contributed by atoms with van der Waals surface area (Å²) in [5, 5.41) is 1.40. The van der Waals surface area contributed by atoms with Gasteiger partial charge >= 0.3 is 0 Å². The average molecular weight is 463 g/mol. The molecule has 6 heteroatoms. The predicted molar refractivity (Wildman–Crippen MR) is 134 cm³/mol. The zero-order valence-electron chi connectivity index (χ0n) is 19.1. The van der Waals surface area contributed by atoms with Gasteiger partial charge in [-0.15, -0.1) is 0 Å². The van der Waals surface area contributed by atoms with E-state index in [1.807, 2.05) is 74.5 Å². The number of halogens is 1. The smallest absolute Gasteiger partial charge is 0.261 e. The number of unbranched alkanes of at least 4 members (excludes halogenated alkanes) is 1. The third kappa shape index (κ3) is 5.04. The summed E-state index contributed by atoms with van der Waals surface area (Å²) in [6, 6.07) is 19.0. The van der Waals surface area contributed by atoms with Gasteiger partial charge in [0.1, 0.15) is 17.3 Å². The van der Waals surface area contributed by atoms with Crippen molar-refractivity contribution in [2.75, 3.05) is 13.7 Å². The number of para-hydroxylation sites is 1. The van der Waals surface area contributed by atoms with Gasteiger partial charge in [-0.05, 0) is 86.3 Å². The first-order chi connectivity index (χ1) is 16.0. The van der Waals surface area contributed by atoms with Crippen molar-refractivity contribution in [1.82, 2.24) is 9.55 Å². The second kappa shape index (κ2) is 10.1. The highest BCUT2D eigenvalue weighted by Crippen LogP contribution is 2.26. The minimum atomic E-state index is -0.0312. The van der Waals surface area contributed by atoms with Crippen LogP contribution in [-0.2, 0) is 6.54 Å². The molecule has 0 unspecified atom stereocenters. The highest BCUT2D eigenvalue weighted by atomic mass is 35.5. The Hall–Kier alpha value is -3.31. The van der Waals surface area contributed by atoms with E-state index in [4.69, 9.17) is 26.1 Å². The number of ether oxygens (including phenoxy) is 2. The van der Waals surface area contributed by atoms with Crippen molar-refractivity contribution in [3.63, 3.8) is 0 Å². The number of aryl methyl sites for hydroxylation is 2. The Balaban J connectivity index is 1.52. The fourth-order valence-corrected chi connectivity index (χ4v) is 4.00. The molecule has 0 bridgehead atoms. The lowest BCUT2D eigenvalue weighted by atomic mass is 10.1. The first-order valence-electron chi connectivity index (χ1n) is 11.0. The SMILES string of the molecule is COc1ccc(-c2nc3ccccc3c(=O)n2CCCCOc2cc(C)c(Cl)c(C)c2)cc1. The summed E-state index contributed by atoms with van der Waals surface area (Å²) in [4.78, 5) is 18.1. The largest absolute Gasteiger partial charge is 0.497 e. The molecule has 0 aliphatic carbocycles. The summed E-state index contributed by atoms with van der Waals surface area (Å²) in [5.41, 5.74) is 3.55. The van der Waals surface area contributed by atoms with E-state index in [2.05, 4.69) is 0 Å². The van der Waals surface area contributed by atoms with Crippen LogP contribution in [0.2, 0.25) is 5.02 Å². The first-order valence-corrected chi connectivity index (χ1v) is 11.4. The van der Waals surface area contributed by atoms with Gasteiger partial charge in [-0.1, -0.05) is 23.7 Å². The van der Waals surface area contributed by atoms with Gasteiger partial charge in [-0.2, -0.15) is 0 Å². The molecule has 1 heterocycles. The predicted octanol–water partition coefficient (Wildman–Crippen LogP) is 6.20. The second-order valence-electron chi connectivity index (χ2n) is 8.06. The maximum Gasteiger partial charge on any atom is 0.261 e. The van der Waals surface area contributed by atoms with Crippen molar-refractivity contribution < 1.29 is 9.47 Å². The van der Waals surface area contributed by atoms with Crippen LogP contribution in [0, 0.1) is 13.8 Å². The zero-order chi connectivity index (χ0) is 23.4. The summed E-state index contributed by atoms with van der Waals surface area (Å²) in [7, 11) is 1.63. The molecule has 0 spiro atoms. The zero-order valence-corrected chi connectivity index (χ0v) is 19.9. The van der Waals surface area contributed by atoms with Crippen LogP contribution in [0.4, 0.5) is 0 Å². The number of aromatic nitrogens is 2. The Kier molecular flexibility index (Phi) is 6.99. The molecule has 1 aromatic heterocycles. The van der Waals surface area contributed by atoms with Gasteiger partial charge in [0.2, 0.25) is 0 Å². The molecule has 0 atom stereocenters. The molecule has 0 fully saturated rings. The van der Waals surface area contributed by atoms with Crippen LogP contribution in [0.5, 0.6) is 11.5 Å². The van der Waals surface area contributed by atoms with Crippen molar-refractivity contribution in [2.24, 2.45) is 0 Å². The molecule has 0 aliphatic rings. The summed E-state index contributed by atoms with van der Waals surface area (Å²) in [5.74, 6) is 2.24. The van der Waals surface area contributed by atoms with E-state index in [1.165, 1.54) is 0 Å². The number of benzene rings is 3. The van der Waals surface area contributed by atoms with Gasteiger partial charge in [0.25, 0.3) is 5.56 Å². The fourth-order valence-electron chi connectivity index (χ4n) is 3.89. The molecular formula is C27H27ClN2O3. The molecule has 0 saturated heterocycles. The van der Waals surface area contributed by atoms with Crippen LogP contribution < -0.4 is 15.0 Å². The molecule has 5 nitrogen and oxygen atoms in total. The van der Waals surface area contributed by atoms with E-state index in [9.17, 15) is 4.79 Å². The molecule has 0 saturated carbocycles. The minimum Gasteiger partial charge on any atom is -0.497 e. The van der Waals surface area contributed by atoms with E-state index in [1.54, 1.807) is 11.7 Å². The van der Waals surface area contributed by atoms with Crippen LogP contribution in [-0.4, -0.2) is 23.3 Å². The Bertz CT molecular complexity index is 1310. The van der Waals surface area contributed by atoms with E-state index < -0.39 is 0 Å². The number of hydrogen-bond donors (Lipinski definition) is 0. The first kappa shape index (κ1) is 22.9. The second-order valence-corrected chi connectivity index (χ2v) is 8.44. The summed E-state index contributed by atoms with van der Waals surface area (Å²) >= 11 is 6.24. The molecule has 170 valence electrons. The molecule has 33 heavy (non-hydrogen) atoms. The van der Waals surface area contributed by atoms with Crippen LogP contribution in [0.25, 0.3) is 22.3 Å². The Morgan fingerprint density at radius 1 is 0.939 bits per heavy atom. The maximum atomic E-state index is 13.3. The maximum absolute atomic E-state index is 13.3. The molecule has 4 aromatic rings. The average Bonchev–Trinajstić information content (AvgIpc) is 2.83. The molecule has 3 aromatic carbocycles. The fraction of sp³-hybridized carbons (Fsp3) is 0.259. The molecule has 0 N–H and O–H groups in total. The third-order valence-electron chi connectivity index (χ3n) is 5.66. The molecular weight excluding hydrogens is 436 g/mol. The Labute approximate surface area is 198 Å². The lowest BCUT2D eigenvalue weighted by Crippen LogP contribution is -2.24. The van der Waals surface area contributed by atoms with Crippen LogP contribution in [0.15, 0.2) is 65.5 Å². The molecule has 0 radical (unpaired) electrons. The summed E-state index contributed by atoms with van der Waals surface area (Å²) in [6.45, 7) is 5.07. The van der Waals surface area contributed by atoms with Crippen LogP contribution in [0.3, 0.4) is 0 Å². The number of rotatable bonds is 8. The number of methoxy groups -OCH3 is 1.